The summed E-state index contributed by atoms with van der Waals surface area (Å²) in [6.07, 6.45) is 5.62. The van der Waals surface area contributed by atoms with Gasteiger partial charge < -0.3 is 5.73 Å². The van der Waals surface area contributed by atoms with Gasteiger partial charge in [0.2, 0.25) is 0 Å². The number of nitriles is 1. The average Bonchev–Trinajstić information content (AvgIpc) is 2.27. The number of hydrogen-bond acceptors (Lipinski definition) is 2. The van der Waals surface area contributed by atoms with Crippen molar-refractivity contribution in [2.75, 3.05) is 12.7 Å². The minimum Gasteiger partial charge on any atom is -0.330 e. The third kappa shape index (κ3) is 13.8. The Labute approximate surface area is 110 Å². The quantitative estimate of drug-likeness (QED) is 0.545. The van der Waals surface area contributed by atoms with E-state index in [0.29, 0.717) is 0 Å². The molecule has 102 valence electrons. The van der Waals surface area contributed by atoms with E-state index in [1.807, 2.05) is 0 Å². The molecule has 0 aromatic heterocycles. The molecule has 17 heavy (non-hydrogen) atoms. The molecule has 0 fully saturated rings. The Morgan fingerprint density at radius 3 is 1.88 bits per heavy atom. The lowest BCUT2D eigenvalue weighted by Crippen LogP contribution is -2.06. The van der Waals surface area contributed by atoms with E-state index in [-0.39, 0.29) is 7.92 Å². The summed E-state index contributed by atoms with van der Waals surface area (Å²) < 4.78 is 0. The van der Waals surface area contributed by atoms with Gasteiger partial charge in [0.1, 0.15) is 0 Å². The van der Waals surface area contributed by atoms with Gasteiger partial charge >= 0.3 is 0 Å². The zero-order chi connectivity index (χ0) is 13.7. The lowest BCUT2D eigenvalue weighted by molar-refractivity contribution is 0.727. The molecule has 3 heteroatoms. The van der Waals surface area contributed by atoms with Gasteiger partial charge in [-0.1, -0.05) is 47.5 Å². The Bertz CT molecular complexity index is 173. The fraction of sp³-hybridized carbons (Fsp3) is 0.929. The summed E-state index contributed by atoms with van der Waals surface area (Å²) in [5.74, 6) is 0. The van der Waals surface area contributed by atoms with Gasteiger partial charge in [-0.05, 0) is 30.4 Å². The smallest absolute Gasteiger partial charge is 0.0625 e. The van der Waals surface area contributed by atoms with Crippen molar-refractivity contribution in [2.45, 2.75) is 71.6 Å². The van der Waals surface area contributed by atoms with Gasteiger partial charge in [-0.2, -0.15) is 5.26 Å². The third-order valence-corrected chi connectivity index (χ3v) is 6.01. The summed E-state index contributed by atoms with van der Waals surface area (Å²) >= 11 is 0. The molecule has 0 aliphatic rings. The van der Waals surface area contributed by atoms with Crippen LogP contribution in [0.15, 0.2) is 0 Å². The van der Waals surface area contributed by atoms with Crippen molar-refractivity contribution in [3.8, 4) is 6.07 Å². The zero-order valence-corrected chi connectivity index (χ0v) is 13.3. The molecule has 0 bridgehead atoms. The molecule has 2 N–H and O–H groups in total. The van der Waals surface area contributed by atoms with Crippen LogP contribution in [0.1, 0.15) is 60.3 Å². The first-order chi connectivity index (χ1) is 8.01. The molecule has 0 rings (SSSR count). The minimum absolute atomic E-state index is 0.0930. The van der Waals surface area contributed by atoms with E-state index >= 15 is 0 Å². The van der Waals surface area contributed by atoms with Gasteiger partial charge in [0.05, 0.1) is 6.07 Å². The fourth-order valence-corrected chi connectivity index (χ4v) is 4.27. The Morgan fingerprint density at radius 2 is 1.65 bits per heavy atom. The number of rotatable bonds is 7. The highest BCUT2D eigenvalue weighted by molar-refractivity contribution is 7.59. The standard InChI is InChI=1S/C9H18NP.C5H13N/c1-8(2)11(9(3)4)7-5-6-10;1-2-3-4-5-6/h8-9H,5,7H2,1-4H3;2-6H2,1H3. The van der Waals surface area contributed by atoms with Crippen LogP contribution >= 0.6 is 7.92 Å². The number of nitrogens with two attached hydrogens (primary N) is 1. The maximum atomic E-state index is 8.44. The molecule has 0 saturated heterocycles. The van der Waals surface area contributed by atoms with E-state index in [4.69, 9.17) is 11.0 Å². The highest BCUT2D eigenvalue weighted by Gasteiger charge is 2.15. The van der Waals surface area contributed by atoms with Crippen molar-refractivity contribution in [3.63, 3.8) is 0 Å². The van der Waals surface area contributed by atoms with E-state index < -0.39 is 0 Å². The Hall–Kier alpha value is -0.120. The summed E-state index contributed by atoms with van der Waals surface area (Å²) in [7, 11) is 0.0930. The van der Waals surface area contributed by atoms with Crippen molar-refractivity contribution < 1.29 is 0 Å². The average molecular weight is 258 g/mol. The maximum absolute atomic E-state index is 8.44. The Kier molecular flexibility index (Phi) is 15.8. The van der Waals surface area contributed by atoms with Crippen LogP contribution in [-0.2, 0) is 0 Å². The molecule has 2 nitrogen and oxygen atoms in total. The highest BCUT2D eigenvalue weighted by Crippen LogP contribution is 2.45. The monoisotopic (exact) mass is 258 g/mol. The normalized spacial score (nSPS) is 10.4. The van der Waals surface area contributed by atoms with E-state index in [1.165, 1.54) is 19.3 Å². The van der Waals surface area contributed by atoms with Crippen LogP contribution in [0.2, 0.25) is 0 Å². The molecular formula is C14H31N2P. The molecule has 0 radical (unpaired) electrons. The fourth-order valence-electron chi connectivity index (χ4n) is 1.69. The van der Waals surface area contributed by atoms with Gasteiger partial charge in [-0.25, -0.2) is 0 Å². The summed E-state index contributed by atoms with van der Waals surface area (Å²) in [5.41, 5.74) is 6.77. The van der Waals surface area contributed by atoms with E-state index in [0.717, 1.165) is 30.4 Å². The molecule has 0 aromatic rings. The summed E-state index contributed by atoms with van der Waals surface area (Å²) in [6.45, 7) is 12.1. The van der Waals surface area contributed by atoms with Crippen molar-refractivity contribution in [2.24, 2.45) is 5.73 Å². The highest BCUT2D eigenvalue weighted by atomic mass is 31.1. The van der Waals surface area contributed by atoms with Gasteiger partial charge in [0.15, 0.2) is 0 Å². The molecule has 0 aliphatic carbocycles. The number of unbranched alkanes of at least 4 members (excludes halogenated alkanes) is 2. The van der Waals surface area contributed by atoms with Gasteiger partial charge in [0.25, 0.3) is 0 Å². The van der Waals surface area contributed by atoms with Gasteiger partial charge in [0, 0.05) is 6.42 Å². The third-order valence-electron chi connectivity index (χ3n) is 2.62. The van der Waals surface area contributed by atoms with Gasteiger partial charge in [-0.15, -0.1) is 7.92 Å². The molecule has 0 spiro atoms. The second-order valence-corrected chi connectivity index (χ2v) is 8.37. The molecule has 0 unspecified atom stereocenters. The molecule has 0 amide bonds. The maximum Gasteiger partial charge on any atom is 0.0625 e. The summed E-state index contributed by atoms with van der Waals surface area (Å²) in [4.78, 5) is 0. The molecule has 0 heterocycles. The lowest BCUT2D eigenvalue weighted by Gasteiger charge is -2.24. The summed E-state index contributed by atoms with van der Waals surface area (Å²) in [5, 5.41) is 8.44. The molecule has 0 atom stereocenters. The van der Waals surface area contributed by atoms with Crippen LogP contribution in [0, 0.1) is 11.3 Å². The topological polar surface area (TPSA) is 49.8 Å². The van der Waals surface area contributed by atoms with Crippen LogP contribution in [0.5, 0.6) is 0 Å². The van der Waals surface area contributed by atoms with Crippen LogP contribution < -0.4 is 5.73 Å². The van der Waals surface area contributed by atoms with Crippen molar-refractivity contribution in [1.82, 2.24) is 0 Å². The molecule has 0 saturated carbocycles. The second-order valence-electron chi connectivity index (χ2n) is 4.83. The molecule has 0 aliphatic heterocycles. The van der Waals surface area contributed by atoms with E-state index in [1.54, 1.807) is 0 Å². The number of nitrogens with zero attached hydrogens (tertiary/aromatic N) is 1. The minimum atomic E-state index is 0.0930. The lowest BCUT2D eigenvalue weighted by atomic mass is 10.3. The first kappa shape index (κ1) is 19.2. The van der Waals surface area contributed by atoms with Crippen LogP contribution in [0.3, 0.4) is 0 Å². The molecular weight excluding hydrogens is 227 g/mol. The Balaban J connectivity index is 0. The zero-order valence-electron chi connectivity index (χ0n) is 12.4. The SMILES string of the molecule is CC(C)P(CCC#N)C(C)C.CCCCCN. The van der Waals surface area contributed by atoms with E-state index in [2.05, 4.69) is 40.7 Å². The number of hydrogen-bond donors (Lipinski definition) is 1. The van der Waals surface area contributed by atoms with Crippen molar-refractivity contribution >= 4 is 7.92 Å². The predicted octanol–water partition coefficient (Wildman–Crippen LogP) is 4.33. The predicted molar refractivity (Wildman–Crippen MR) is 80.9 cm³/mol. The first-order valence-corrected chi connectivity index (χ1v) is 8.50. The first-order valence-electron chi connectivity index (χ1n) is 6.83. The largest absolute Gasteiger partial charge is 0.330 e. The van der Waals surface area contributed by atoms with Crippen LogP contribution in [0.4, 0.5) is 0 Å². The van der Waals surface area contributed by atoms with Crippen LogP contribution in [-0.4, -0.2) is 24.0 Å². The van der Waals surface area contributed by atoms with Crippen molar-refractivity contribution in [3.05, 3.63) is 0 Å². The van der Waals surface area contributed by atoms with E-state index in [9.17, 15) is 0 Å². The second kappa shape index (κ2) is 13.9. The van der Waals surface area contributed by atoms with Crippen molar-refractivity contribution in [1.29, 1.82) is 5.26 Å². The van der Waals surface area contributed by atoms with Crippen LogP contribution in [0.25, 0.3) is 0 Å². The Morgan fingerprint density at radius 1 is 1.12 bits per heavy atom. The summed E-state index contributed by atoms with van der Waals surface area (Å²) in [6, 6.07) is 2.22. The molecule has 0 aromatic carbocycles. The van der Waals surface area contributed by atoms with Gasteiger partial charge in [-0.3, -0.25) is 0 Å².